The highest BCUT2D eigenvalue weighted by molar-refractivity contribution is 5.28. The van der Waals surface area contributed by atoms with E-state index in [-0.39, 0.29) is 6.61 Å². The van der Waals surface area contributed by atoms with Crippen molar-refractivity contribution in [3.05, 3.63) is 29.8 Å². The molecule has 0 spiro atoms. The van der Waals surface area contributed by atoms with Crippen LogP contribution in [0.4, 0.5) is 0 Å². The largest absolute Gasteiger partial charge is 0.479 e. The molecule has 1 saturated carbocycles. The first kappa shape index (κ1) is 14.9. The van der Waals surface area contributed by atoms with E-state index < -0.39 is 0 Å². The van der Waals surface area contributed by atoms with Gasteiger partial charge in [-0.1, -0.05) is 38.3 Å². The zero-order valence-corrected chi connectivity index (χ0v) is 12.3. The minimum absolute atomic E-state index is 0.108. The first-order valence-corrected chi connectivity index (χ1v) is 7.61. The minimum Gasteiger partial charge on any atom is -0.479 e. The van der Waals surface area contributed by atoms with E-state index in [1.54, 1.807) is 0 Å². The molecule has 1 aliphatic carbocycles. The molecule has 20 heavy (non-hydrogen) atoms. The fourth-order valence-corrected chi connectivity index (χ4v) is 2.91. The summed E-state index contributed by atoms with van der Waals surface area (Å²) < 4.78 is 5.34. The van der Waals surface area contributed by atoms with Crippen LogP contribution in [-0.4, -0.2) is 12.6 Å². The molecule has 2 atom stereocenters. The van der Waals surface area contributed by atoms with Crippen LogP contribution in [0.3, 0.4) is 0 Å². The van der Waals surface area contributed by atoms with E-state index in [4.69, 9.17) is 10.00 Å². The summed E-state index contributed by atoms with van der Waals surface area (Å²) >= 11 is 0. The monoisotopic (exact) mass is 272 g/mol. The van der Waals surface area contributed by atoms with Crippen LogP contribution in [0.15, 0.2) is 24.3 Å². The van der Waals surface area contributed by atoms with Gasteiger partial charge < -0.3 is 10.1 Å². The summed E-state index contributed by atoms with van der Waals surface area (Å²) in [6.07, 6.45) is 6.71. The molecule has 0 aliphatic heterocycles. The molecule has 2 unspecified atom stereocenters. The van der Waals surface area contributed by atoms with Crippen LogP contribution in [-0.2, 0) is 6.54 Å². The van der Waals surface area contributed by atoms with Crippen LogP contribution in [0, 0.1) is 17.2 Å². The normalized spacial score (nSPS) is 22.8. The molecule has 1 aromatic rings. The molecule has 2 rings (SSSR count). The van der Waals surface area contributed by atoms with Gasteiger partial charge in [-0.2, -0.15) is 5.26 Å². The van der Waals surface area contributed by atoms with Crippen molar-refractivity contribution in [3.63, 3.8) is 0 Å². The third-order valence-electron chi connectivity index (χ3n) is 4.13. The quantitative estimate of drug-likeness (QED) is 0.832. The minimum atomic E-state index is 0.108. The number of rotatable bonds is 5. The highest BCUT2D eigenvalue weighted by atomic mass is 16.5. The summed E-state index contributed by atoms with van der Waals surface area (Å²) in [4.78, 5) is 0. The second-order valence-electron chi connectivity index (χ2n) is 5.70. The smallest absolute Gasteiger partial charge is 0.174 e. The van der Waals surface area contributed by atoms with Gasteiger partial charge in [-0.15, -0.1) is 0 Å². The van der Waals surface area contributed by atoms with Crippen molar-refractivity contribution >= 4 is 0 Å². The Labute approximate surface area is 121 Å². The molecule has 0 heterocycles. The van der Waals surface area contributed by atoms with E-state index >= 15 is 0 Å². The molecule has 0 bridgehead atoms. The van der Waals surface area contributed by atoms with Crippen molar-refractivity contribution in [3.8, 4) is 11.8 Å². The number of hydrogen-bond donors (Lipinski definition) is 1. The van der Waals surface area contributed by atoms with Gasteiger partial charge in [-0.05, 0) is 36.5 Å². The summed E-state index contributed by atoms with van der Waals surface area (Å²) in [5, 5.41) is 12.2. The third kappa shape index (κ3) is 4.54. The van der Waals surface area contributed by atoms with Gasteiger partial charge in [-0.25, -0.2) is 0 Å². The Morgan fingerprint density at radius 3 is 3.00 bits per heavy atom. The molecule has 1 N–H and O–H groups in total. The van der Waals surface area contributed by atoms with Gasteiger partial charge in [0.25, 0.3) is 0 Å². The van der Waals surface area contributed by atoms with Crippen LogP contribution < -0.4 is 10.1 Å². The molecule has 1 fully saturated rings. The Morgan fingerprint density at radius 2 is 2.15 bits per heavy atom. The van der Waals surface area contributed by atoms with Gasteiger partial charge in [0.15, 0.2) is 6.61 Å². The van der Waals surface area contributed by atoms with E-state index in [1.807, 2.05) is 24.3 Å². The van der Waals surface area contributed by atoms with Crippen molar-refractivity contribution < 1.29 is 4.74 Å². The zero-order valence-electron chi connectivity index (χ0n) is 12.3. The SMILES string of the molecule is CC1CCCCCC1NCc1cccc(OCC#N)c1. The van der Waals surface area contributed by atoms with Crippen LogP contribution >= 0.6 is 0 Å². The molecule has 1 aliphatic rings. The van der Waals surface area contributed by atoms with Gasteiger partial charge in [0.05, 0.1) is 0 Å². The molecular formula is C17H24N2O. The molecule has 0 aromatic heterocycles. The average Bonchev–Trinajstić information content (AvgIpc) is 2.68. The molecule has 3 heteroatoms. The maximum atomic E-state index is 8.54. The van der Waals surface area contributed by atoms with E-state index in [2.05, 4.69) is 18.3 Å². The predicted molar refractivity (Wildman–Crippen MR) is 80.4 cm³/mol. The molecule has 0 saturated heterocycles. The van der Waals surface area contributed by atoms with E-state index in [9.17, 15) is 0 Å². The fourth-order valence-electron chi connectivity index (χ4n) is 2.91. The Kier molecular flexibility index (Phi) is 5.88. The summed E-state index contributed by atoms with van der Waals surface area (Å²) in [6.45, 7) is 3.34. The standard InChI is InChI=1S/C17H24N2O/c1-14-6-3-2-4-9-17(14)19-13-15-7-5-8-16(12-15)20-11-10-18/h5,7-8,12,14,17,19H,2-4,6,9,11,13H2,1H3. The lowest BCUT2D eigenvalue weighted by Gasteiger charge is -2.23. The lowest BCUT2D eigenvalue weighted by molar-refractivity contribution is 0.353. The maximum Gasteiger partial charge on any atom is 0.174 e. The van der Waals surface area contributed by atoms with Crippen LogP contribution in [0.2, 0.25) is 0 Å². The van der Waals surface area contributed by atoms with Gasteiger partial charge in [0.2, 0.25) is 0 Å². The predicted octanol–water partition coefficient (Wildman–Crippen LogP) is 3.65. The number of nitrogens with one attached hydrogen (secondary N) is 1. The van der Waals surface area contributed by atoms with Gasteiger partial charge >= 0.3 is 0 Å². The van der Waals surface area contributed by atoms with Crippen LogP contribution in [0.5, 0.6) is 5.75 Å². The average molecular weight is 272 g/mol. The molecule has 3 nitrogen and oxygen atoms in total. The second-order valence-corrected chi connectivity index (χ2v) is 5.70. The zero-order chi connectivity index (χ0) is 14.2. The first-order chi connectivity index (χ1) is 9.79. The van der Waals surface area contributed by atoms with Gasteiger partial charge in [-0.3, -0.25) is 0 Å². The van der Waals surface area contributed by atoms with E-state index in [0.29, 0.717) is 6.04 Å². The van der Waals surface area contributed by atoms with Gasteiger partial charge in [0.1, 0.15) is 11.8 Å². The number of hydrogen-bond acceptors (Lipinski definition) is 3. The maximum absolute atomic E-state index is 8.54. The van der Waals surface area contributed by atoms with Crippen molar-refractivity contribution in [2.75, 3.05) is 6.61 Å². The second kappa shape index (κ2) is 7.91. The van der Waals surface area contributed by atoms with Crippen molar-refractivity contribution in [2.45, 2.75) is 51.6 Å². The summed E-state index contributed by atoms with van der Waals surface area (Å²) in [6, 6.07) is 10.6. The Hall–Kier alpha value is -1.53. The summed E-state index contributed by atoms with van der Waals surface area (Å²) in [5.41, 5.74) is 1.22. The van der Waals surface area contributed by atoms with Crippen molar-refractivity contribution in [1.29, 1.82) is 5.26 Å². The summed E-state index contributed by atoms with van der Waals surface area (Å²) in [5.74, 6) is 1.54. The molecular weight excluding hydrogens is 248 g/mol. The lowest BCUT2D eigenvalue weighted by Crippen LogP contribution is -2.33. The van der Waals surface area contributed by atoms with Crippen molar-refractivity contribution in [2.24, 2.45) is 5.92 Å². The fraction of sp³-hybridized carbons (Fsp3) is 0.588. The Balaban J connectivity index is 1.88. The molecule has 0 amide bonds. The highest BCUT2D eigenvalue weighted by Gasteiger charge is 2.18. The molecule has 1 aromatic carbocycles. The van der Waals surface area contributed by atoms with E-state index in [1.165, 1.54) is 37.7 Å². The van der Waals surface area contributed by atoms with Crippen LogP contribution in [0.25, 0.3) is 0 Å². The highest BCUT2D eigenvalue weighted by Crippen LogP contribution is 2.23. The topological polar surface area (TPSA) is 45.0 Å². The Morgan fingerprint density at radius 1 is 1.30 bits per heavy atom. The molecule has 0 radical (unpaired) electrons. The Bertz CT molecular complexity index is 453. The first-order valence-electron chi connectivity index (χ1n) is 7.61. The van der Waals surface area contributed by atoms with Crippen LogP contribution in [0.1, 0.15) is 44.6 Å². The lowest BCUT2D eigenvalue weighted by atomic mass is 9.97. The third-order valence-corrected chi connectivity index (χ3v) is 4.13. The number of benzene rings is 1. The number of nitrogens with zero attached hydrogens (tertiary/aromatic N) is 1. The van der Waals surface area contributed by atoms with Crippen molar-refractivity contribution in [1.82, 2.24) is 5.32 Å². The van der Waals surface area contributed by atoms with Gasteiger partial charge in [0, 0.05) is 12.6 Å². The summed E-state index contributed by atoms with van der Waals surface area (Å²) in [7, 11) is 0. The number of nitriles is 1. The molecule has 108 valence electrons. The van der Waals surface area contributed by atoms with E-state index in [0.717, 1.165) is 18.2 Å². The number of ether oxygens (including phenoxy) is 1.